The van der Waals surface area contributed by atoms with E-state index in [0.717, 1.165) is 28.2 Å². The van der Waals surface area contributed by atoms with E-state index in [9.17, 15) is 10.1 Å². The molecular weight excluding hydrogens is 641 g/mol. The molecule has 1 amide bonds. The van der Waals surface area contributed by atoms with E-state index >= 15 is 4.39 Å². The Morgan fingerprint density at radius 1 is 1.22 bits per heavy atom. The summed E-state index contributed by atoms with van der Waals surface area (Å²) >= 11 is 9.65. The highest BCUT2D eigenvalue weighted by Gasteiger charge is 2.30. The van der Waals surface area contributed by atoms with Crippen molar-refractivity contribution in [2.24, 2.45) is 0 Å². The van der Waals surface area contributed by atoms with Crippen LogP contribution in [0, 0.1) is 24.1 Å². The predicted octanol–water partition coefficient (Wildman–Crippen LogP) is 7.97. The molecule has 45 heavy (non-hydrogen) atoms. The molecule has 0 saturated carbocycles. The van der Waals surface area contributed by atoms with Crippen molar-refractivity contribution in [3.05, 3.63) is 51.4 Å². The second-order valence-electron chi connectivity index (χ2n) is 11.1. The SMILES string of the molecule is CCSc1nc(NCc2noc(C)n2)c2c3c(c(-c4ccc(F)c5sc(NC(=O)OC(C)(C)C)c(C#N)c45)c(Cl)c2n1)COC3. The Balaban J connectivity index is 1.56. The molecule has 0 spiro atoms. The zero-order chi connectivity index (χ0) is 32.0. The van der Waals surface area contributed by atoms with E-state index < -0.39 is 17.5 Å². The molecule has 0 bridgehead atoms. The number of halogens is 2. The van der Waals surface area contributed by atoms with Gasteiger partial charge in [0.05, 0.1) is 45.9 Å². The van der Waals surface area contributed by atoms with Crippen LogP contribution in [0.15, 0.2) is 21.8 Å². The number of ether oxygens (including phenoxy) is 2. The lowest BCUT2D eigenvalue weighted by atomic mass is 9.91. The maximum absolute atomic E-state index is 15.3. The van der Waals surface area contributed by atoms with Crippen molar-refractivity contribution in [1.29, 1.82) is 5.26 Å². The van der Waals surface area contributed by atoms with Crippen molar-refractivity contribution in [3.8, 4) is 17.2 Å². The van der Waals surface area contributed by atoms with Crippen LogP contribution in [-0.4, -0.2) is 37.6 Å². The minimum Gasteiger partial charge on any atom is -0.444 e. The number of aromatic nitrogens is 4. The van der Waals surface area contributed by atoms with Crippen LogP contribution in [-0.2, 0) is 29.2 Å². The van der Waals surface area contributed by atoms with E-state index in [2.05, 4.69) is 26.8 Å². The van der Waals surface area contributed by atoms with Gasteiger partial charge in [-0.2, -0.15) is 10.2 Å². The Morgan fingerprint density at radius 2 is 2.00 bits per heavy atom. The van der Waals surface area contributed by atoms with Crippen molar-refractivity contribution in [2.45, 2.75) is 65.1 Å². The van der Waals surface area contributed by atoms with Crippen LogP contribution in [0.3, 0.4) is 0 Å². The molecule has 0 unspecified atom stereocenters. The molecule has 2 N–H and O–H groups in total. The lowest BCUT2D eigenvalue weighted by Gasteiger charge is -2.19. The molecule has 1 aliphatic rings. The molecule has 6 rings (SSSR count). The number of hydrogen-bond donors (Lipinski definition) is 2. The van der Waals surface area contributed by atoms with Gasteiger partial charge >= 0.3 is 6.09 Å². The van der Waals surface area contributed by atoms with Gasteiger partial charge in [-0.3, -0.25) is 5.32 Å². The van der Waals surface area contributed by atoms with Crippen LogP contribution in [0.4, 0.5) is 20.0 Å². The third-order valence-electron chi connectivity index (χ3n) is 6.82. The second kappa shape index (κ2) is 12.1. The molecule has 1 aliphatic heterocycles. The molecule has 2 aromatic carbocycles. The molecule has 0 atom stereocenters. The van der Waals surface area contributed by atoms with Crippen LogP contribution in [0.1, 0.15) is 56.1 Å². The third kappa shape index (κ3) is 5.88. The fraction of sp³-hybridized carbons (Fsp3) is 0.333. The van der Waals surface area contributed by atoms with Crippen molar-refractivity contribution >= 4 is 72.6 Å². The van der Waals surface area contributed by atoms with Crippen molar-refractivity contribution in [3.63, 3.8) is 0 Å². The number of thiophene rings is 1. The van der Waals surface area contributed by atoms with Crippen molar-refractivity contribution < 1.29 is 23.2 Å². The van der Waals surface area contributed by atoms with Crippen LogP contribution in [0.2, 0.25) is 5.02 Å². The minimum atomic E-state index is -0.766. The lowest BCUT2D eigenvalue weighted by molar-refractivity contribution is 0.0636. The first-order valence-corrected chi connectivity index (χ1v) is 16.1. The number of amides is 1. The van der Waals surface area contributed by atoms with Crippen LogP contribution >= 0.6 is 34.7 Å². The minimum absolute atomic E-state index is 0.0989. The number of anilines is 2. The van der Waals surface area contributed by atoms with Gasteiger partial charge in [-0.1, -0.05) is 41.5 Å². The maximum Gasteiger partial charge on any atom is 0.412 e. The Bertz CT molecular complexity index is 2030. The van der Waals surface area contributed by atoms with Gasteiger partial charge in [0.15, 0.2) is 11.0 Å². The normalized spacial score (nSPS) is 12.8. The summed E-state index contributed by atoms with van der Waals surface area (Å²) in [4.78, 5) is 26.5. The molecule has 3 aromatic heterocycles. The highest BCUT2D eigenvalue weighted by atomic mass is 35.5. The van der Waals surface area contributed by atoms with Crippen molar-refractivity contribution in [2.75, 3.05) is 16.4 Å². The molecular formula is C30H27ClFN7O4S2. The van der Waals surface area contributed by atoms with E-state index in [4.69, 9.17) is 35.6 Å². The number of fused-ring (bicyclic) bond motifs is 4. The number of carbonyl (C=O) groups excluding carboxylic acids is 1. The van der Waals surface area contributed by atoms with E-state index in [-0.39, 0.29) is 35.0 Å². The molecule has 11 nitrogen and oxygen atoms in total. The molecule has 4 heterocycles. The summed E-state index contributed by atoms with van der Waals surface area (Å²) in [7, 11) is 0. The number of aryl methyl sites for hydroxylation is 1. The monoisotopic (exact) mass is 667 g/mol. The van der Waals surface area contributed by atoms with Crippen LogP contribution in [0.25, 0.3) is 32.1 Å². The average Bonchev–Trinajstić information content (AvgIpc) is 3.71. The summed E-state index contributed by atoms with van der Waals surface area (Å²) in [6, 6.07) is 5.08. The number of rotatable bonds is 7. The quantitative estimate of drug-likeness (QED) is 0.129. The van der Waals surface area contributed by atoms with E-state index in [1.165, 1.54) is 17.8 Å². The Morgan fingerprint density at radius 3 is 2.69 bits per heavy atom. The first-order chi connectivity index (χ1) is 21.5. The number of nitrogens with one attached hydrogen (secondary N) is 2. The highest BCUT2D eigenvalue weighted by Crippen LogP contribution is 2.49. The lowest BCUT2D eigenvalue weighted by Crippen LogP contribution is -2.27. The standard InChI is InChI=1S/C30H27ClFN7O4S2/c1-6-44-28-36-24-22(26(37-28)34-10-19-35-13(2)43-39-19)17-12-41-11-16(17)20(23(24)31)14-7-8-18(32)25-21(14)15(9-33)27(45-25)38-29(40)42-30(3,4)5/h7-8H,6,10-12H2,1-5H3,(H,38,40)(H,34,36,37). The number of carbonyl (C=O) groups is 1. The van der Waals surface area contributed by atoms with Gasteiger partial charge in [-0.15, -0.1) is 11.3 Å². The first kappa shape index (κ1) is 31.0. The fourth-order valence-electron chi connectivity index (χ4n) is 5.16. The summed E-state index contributed by atoms with van der Waals surface area (Å²) in [5, 5.41) is 22.2. The van der Waals surface area contributed by atoms with Crippen LogP contribution in [0.5, 0.6) is 0 Å². The molecule has 5 aromatic rings. The molecule has 232 valence electrons. The van der Waals surface area contributed by atoms with Gasteiger partial charge in [-0.25, -0.2) is 19.2 Å². The van der Waals surface area contributed by atoms with E-state index in [1.54, 1.807) is 33.8 Å². The van der Waals surface area contributed by atoms with Gasteiger partial charge in [0.2, 0.25) is 5.89 Å². The summed E-state index contributed by atoms with van der Waals surface area (Å²) in [5.41, 5.74) is 2.50. The number of benzene rings is 2. The van der Waals surface area contributed by atoms with Gasteiger partial charge in [0.1, 0.15) is 28.3 Å². The summed E-state index contributed by atoms with van der Waals surface area (Å²) < 4.78 is 31.9. The zero-order valence-electron chi connectivity index (χ0n) is 24.9. The third-order valence-corrected chi connectivity index (χ3v) is 9.03. The number of nitriles is 1. The largest absolute Gasteiger partial charge is 0.444 e. The average molecular weight is 668 g/mol. The van der Waals surface area contributed by atoms with E-state index in [1.807, 2.05) is 6.92 Å². The predicted molar refractivity (Wildman–Crippen MR) is 171 cm³/mol. The van der Waals surface area contributed by atoms with Gasteiger partial charge < -0.3 is 19.3 Å². The Labute approximate surface area is 270 Å². The van der Waals surface area contributed by atoms with Gasteiger partial charge in [0, 0.05) is 17.9 Å². The smallest absolute Gasteiger partial charge is 0.412 e. The molecule has 15 heteroatoms. The Kier molecular flexibility index (Phi) is 8.30. The van der Waals surface area contributed by atoms with Crippen molar-refractivity contribution in [1.82, 2.24) is 20.1 Å². The zero-order valence-corrected chi connectivity index (χ0v) is 27.3. The second-order valence-corrected chi connectivity index (χ2v) is 13.7. The van der Waals surface area contributed by atoms with Gasteiger partial charge in [-0.05, 0) is 49.3 Å². The highest BCUT2D eigenvalue weighted by molar-refractivity contribution is 7.99. The number of nitrogens with zero attached hydrogens (tertiary/aromatic N) is 5. The van der Waals surface area contributed by atoms with Crippen LogP contribution < -0.4 is 10.6 Å². The summed E-state index contributed by atoms with van der Waals surface area (Å²) in [6.07, 6.45) is -0.751. The van der Waals surface area contributed by atoms with E-state index in [0.29, 0.717) is 55.1 Å². The summed E-state index contributed by atoms with van der Waals surface area (Å²) in [5.74, 6) is 1.63. The first-order valence-electron chi connectivity index (χ1n) is 13.9. The number of hydrogen-bond acceptors (Lipinski definition) is 12. The van der Waals surface area contributed by atoms with Gasteiger partial charge in [0.25, 0.3) is 0 Å². The fourth-order valence-corrected chi connectivity index (χ4v) is 7.15. The topological polar surface area (TPSA) is 148 Å². The molecule has 0 radical (unpaired) electrons. The number of thioether (sulfide) groups is 1. The molecule has 0 saturated heterocycles. The maximum atomic E-state index is 15.3. The molecule has 0 aliphatic carbocycles. The summed E-state index contributed by atoms with van der Waals surface area (Å²) in [6.45, 7) is 9.63. The molecule has 0 fully saturated rings. The Hall–Kier alpha value is -4.03.